The van der Waals surface area contributed by atoms with Crippen LogP contribution in [-0.2, 0) is 16.3 Å². The van der Waals surface area contributed by atoms with Gasteiger partial charge in [0.15, 0.2) is 15.7 Å². The van der Waals surface area contributed by atoms with E-state index >= 15 is 0 Å². The van der Waals surface area contributed by atoms with Crippen molar-refractivity contribution in [2.45, 2.75) is 36.5 Å². The molecular weight excluding hydrogens is 328 g/mol. The van der Waals surface area contributed by atoms with E-state index in [4.69, 9.17) is 0 Å². The summed E-state index contributed by atoms with van der Waals surface area (Å²) >= 11 is 0. The van der Waals surface area contributed by atoms with Crippen molar-refractivity contribution in [3.05, 3.63) is 41.5 Å². The average Bonchev–Trinajstić information content (AvgIpc) is 3.30. The van der Waals surface area contributed by atoms with Gasteiger partial charge in [0.05, 0.1) is 4.90 Å². The topological polar surface area (TPSA) is 105 Å². The number of nitrogens with one attached hydrogen (secondary N) is 2. The zero-order chi connectivity index (χ0) is 17.2. The number of hydrogen-bond donors (Lipinski definition) is 2. The SMILES string of the molecule is CS(=O)(=O)c1ccc(C(=O)NCCCc2nc(C3CC3)n[nH]2)cc1. The number of aromatic nitrogens is 3. The third-order valence-electron chi connectivity index (χ3n) is 3.91. The summed E-state index contributed by atoms with van der Waals surface area (Å²) in [7, 11) is -3.24. The Bertz CT molecular complexity index is 823. The maximum Gasteiger partial charge on any atom is 0.251 e. The lowest BCUT2D eigenvalue weighted by Crippen LogP contribution is -2.24. The maximum atomic E-state index is 12.0. The highest BCUT2D eigenvalue weighted by atomic mass is 32.2. The van der Waals surface area contributed by atoms with Crippen LogP contribution in [0.2, 0.25) is 0 Å². The van der Waals surface area contributed by atoms with Crippen molar-refractivity contribution in [2.24, 2.45) is 0 Å². The molecule has 24 heavy (non-hydrogen) atoms. The minimum Gasteiger partial charge on any atom is -0.352 e. The summed E-state index contributed by atoms with van der Waals surface area (Å²) in [6.07, 6.45) is 4.97. The van der Waals surface area contributed by atoms with Gasteiger partial charge in [-0.1, -0.05) is 0 Å². The fraction of sp³-hybridized carbons (Fsp3) is 0.438. The molecule has 8 heteroatoms. The molecule has 0 atom stereocenters. The van der Waals surface area contributed by atoms with Crippen molar-refractivity contribution < 1.29 is 13.2 Å². The van der Waals surface area contributed by atoms with E-state index in [1.165, 1.54) is 37.1 Å². The second kappa shape index (κ2) is 6.72. The van der Waals surface area contributed by atoms with E-state index in [9.17, 15) is 13.2 Å². The number of carbonyl (C=O) groups excluding carboxylic acids is 1. The van der Waals surface area contributed by atoms with Crippen LogP contribution in [0, 0.1) is 0 Å². The van der Waals surface area contributed by atoms with Crippen LogP contribution in [0.15, 0.2) is 29.2 Å². The predicted molar refractivity (Wildman–Crippen MR) is 88.6 cm³/mol. The molecule has 1 aliphatic carbocycles. The molecule has 3 rings (SSSR count). The largest absolute Gasteiger partial charge is 0.352 e. The van der Waals surface area contributed by atoms with Crippen LogP contribution in [-0.4, -0.2) is 42.3 Å². The number of hydrogen-bond acceptors (Lipinski definition) is 5. The van der Waals surface area contributed by atoms with Gasteiger partial charge in [0.2, 0.25) is 0 Å². The fourth-order valence-corrected chi connectivity index (χ4v) is 2.99. The van der Waals surface area contributed by atoms with Crippen LogP contribution in [0.1, 0.15) is 47.2 Å². The Hall–Kier alpha value is -2.22. The molecule has 0 bridgehead atoms. The smallest absolute Gasteiger partial charge is 0.251 e. The lowest BCUT2D eigenvalue weighted by molar-refractivity contribution is 0.0953. The van der Waals surface area contributed by atoms with Crippen LogP contribution in [0.25, 0.3) is 0 Å². The second-order valence-electron chi connectivity index (χ2n) is 6.07. The van der Waals surface area contributed by atoms with Gasteiger partial charge in [-0.3, -0.25) is 9.89 Å². The van der Waals surface area contributed by atoms with Gasteiger partial charge in [-0.05, 0) is 43.5 Å². The third-order valence-corrected chi connectivity index (χ3v) is 5.04. The number of rotatable bonds is 7. The van der Waals surface area contributed by atoms with E-state index in [0.29, 0.717) is 18.0 Å². The molecule has 1 amide bonds. The number of sulfone groups is 1. The Labute approximate surface area is 140 Å². The molecule has 1 saturated carbocycles. The number of benzene rings is 1. The minimum absolute atomic E-state index is 0.204. The van der Waals surface area contributed by atoms with Gasteiger partial charge in [-0.15, -0.1) is 0 Å². The third kappa shape index (κ3) is 4.19. The molecule has 0 radical (unpaired) electrons. The van der Waals surface area contributed by atoms with E-state index in [1.807, 2.05) is 0 Å². The number of nitrogens with zero attached hydrogens (tertiary/aromatic N) is 2. The maximum absolute atomic E-state index is 12.0. The van der Waals surface area contributed by atoms with Gasteiger partial charge in [-0.25, -0.2) is 13.4 Å². The van der Waals surface area contributed by atoms with Crippen molar-refractivity contribution in [3.63, 3.8) is 0 Å². The van der Waals surface area contributed by atoms with Gasteiger partial charge in [0.25, 0.3) is 5.91 Å². The Balaban J connectivity index is 1.44. The molecule has 0 saturated heterocycles. The normalized spacial score (nSPS) is 14.5. The van der Waals surface area contributed by atoms with Crippen LogP contribution in [0.5, 0.6) is 0 Å². The van der Waals surface area contributed by atoms with Crippen LogP contribution >= 0.6 is 0 Å². The summed E-state index contributed by atoms with van der Waals surface area (Å²) < 4.78 is 22.8. The molecule has 1 heterocycles. The van der Waals surface area contributed by atoms with E-state index in [-0.39, 0.29) is 10.8 Å². The second-order valence-corrected chi connectivity index (χ2v) is 8.09. The van der Waals surface area contributed by atoms with Crippen LogP contribution < -0.4 is 5.32 Å². The summed E-state index contributed by atoms with van der Waals surface area (Å²) in [4.78, 5) is 16.7. The number of carbonyl (C=O) groups is 1. The first kappa shape index (κ1) is 16.6. The van der Waals surface area contributed by atoms with Crippen molar-refractivity contribution in [1.29, 1.82) is 0 Å². The summed E-state index contributed by atoms with van der Waals surface area (Å²) in [6, 6.07) is 5.92. The predicted octanol–water partition coefficient (Wildman–Crippen LogP) is 1.45. The first-order valence-electron chi connectivity index (χ1n) is 7.93. The molecule has 2 aromatic rings. The Morgan fingerprint density at radius 3 is 2.62 bits per heavy atom. The fourth-order valence-electron chi connectivity index (χ4n) is 2.36. The van der Waals surface area contributed by atoms with Gasteiger partial charge >= 0.3 is 0 Å². The molecule has 0 unspecified atom stereocenters. The summed E-state index contributed by atoms with van der Waals surface area (Å²) in [5.74, 6) is 2.07. The van der Waals surface area contributed by atoms with E-state index < -0.39 is 9.84 Å². The molecule has 1 aliphatic rings. The van der Waals surface area contributed by atoms with Crippen molar-refractivity contribution in [3.8, 4) is 0 Å². The number of aryl methyl sites for hydroxylation is 1. The molecular formula is C16H20N4O3S. The molecule has 128 valence electrons. The summed E-state index contributed by atoms with van der Waals surface area (Å²) in [5.41, 5.74) is 0.443. The van der Waals surface area contributed by atoms with Gasteiger partial charge < -0.3 is 5.32 Å². The first-order chi connectivity index (χ1) is 11.4. The van der Waals surface area contributed by atoms with E-state index in [0.717, 1.165) is 30.7 Å². The van der Waals surface area contributed by atoms with Crippen molar-refractivity contribution in [2.75, 3.05) is 12.8 Å². The molecule has 7 nitrogen and oxygen atoms in total. The van der Waals surface area contributed by atoms with Gasteiger partial charge in [0, 0.05) is 30.7 Å². The summed E-state index contributed by atoms with van der Waals surface area (Å²) in [6.45, 7) is 0.520. The Kier molecular flexibility index (Phi) is 4.66. The monoisotopic (exact) mass is 348 g/mol. The number of amides is 1. The number of H-pyrrole nitrogens is 1. The first-order valence-corrected chi connectivity index (χ1v) is 9.82. The van der Waals surface area contributed by atoms with Crippen LogP contribution in [0.4, 0.5) is 0 Å². The molecule has 1 aromatic heterocycles. The standard InChI is InChI=1S/C16H20N4O3S/c1-24(22,23)13-8-6-12(7-9-13)16(21)17-10-2-3-14-18-15(20-19-14)11-4-5-11/h6-9,11H,2-5,10H2,1H3,(H,17,21)(H,18,19,20). The minimum atomic E-state index is -3.24. The highest BCUT2D eigenvalue weighted by Crippen LogP contribution is 2.37. The highest BCUT2D eigenvalue weighted by Gasteiger charge is 2.27. The van der Waals surface area contributed by atoms with Crippen molar-refractivity contribution >= 4 is 15.7 Å². The average molecular weight is 348 g/mol. The van der Waals surface area contributed by atoms with E-state index in [2.05, 4.69) is 20.5 Å². The molecule has 0 aliphatic heterocycles. The van der Waals surface area contributed by atoms with Gasteiger partial charge in [-0.2, -0.15) is 5.10 Å². The quantitative estimate of drug-likeness (QED) is 0.737. The van der Waals surface area contributed by atoms with Crippen molar-refractivity contribution in [1.82, 2.24) is 20.5 Å². The Morgan fingerprint density at radius 2 is 2.00 bits per heavy atom. The molecule has 2 N–H and O–H groups in total. The molecule has 1 aromatic carbocycles. The molecule has 1 fully saturated rings. The zero-order valence-corrected chi connectivity index (χ0v) is 14.3. The van der Waals surface area contributed by atoms with Gasteiger partial charge in [0.1, 0.15) is 5.82 Å². The lowest BCUT2D eigenvalue weighted by atomic mass is 10.2. The number of aromatic amines is 1. The lowest BCUT2D eigenvalue weighted by Gasteiger charge is -2.05. The molecule has 0 spiro atoms. The zero-order valence-electron chi connectivity index (χ0n) is 13.4. The van der Waals surface area contributed by atoms with Crippen LogP contribution in [0.3, 0.4) is 0 Å². The van der Waals surface area contributed by atoms with E-state index in [1.54, 1.807) is 0 Å². The highest BCUT2D eigenvalue weighted by molar-refractivity contribution is 7.90. The Morgan fingerprint density at radius 1 is 1.29 bits per heavy atom. The summed E-state index contributed by atoms with van der Waals surface area (Å²) in [5, 5.41) is 9.95.